The van der Waals surface area contributed by atoms with Crippen LogP contribution < -0.4 is 4.90 Å². The summed E-state index contributed by atoms with van der Waals surface area (Å²) in [5, 5.41) is 12.7. The van der Waals surface area contributed by atoms with Crippen molar-refractivity contribution in [1.29, 1.82) is 0 Å². The minimum Gasteiger partial charge on any atom is -0.389 e. The van der Waals surface area contributed by atoms with Crippen molar-refractivity contribution >= 4 is 16.6 Å². The molecule has 186 valence electrons. The molecule has 5 rings (SSSR count). The van der Waals surface area contributed by atoms with Gasteiger partial charge in [0.15, 0.2) is 0 Å². The van der Waals surface area contributed by atoms with Crippen LogP contribution in [0.15, 0.2) is 116 Å². The number of rotatable bonds is 9. The SMILES string of the molecule is C=CCN(CC(O)Cn1c(-c2ccccc2)c(-c2ccccc2)c2cc(C)cc(C)c21)c1ccccc1. The van der Waals surface area contributed by atoms with Gasteiger partial charge < -0.3 is 14.6 Å². The molecule has 0 bridgehead atoms. The Labute approximate surface area is 219 Å². The van der Waals surface area contributed by atoms with Crippen LogP contribution in [0.3, 0.4) is 0 Å². The summed E-state index contributed by atoms with van der Waals surface area (Å²) in [5.74, 6) is 0. The number of hydrogen-bond donors (Lipinski definition) is 1. The third kappa shape index (κ3) is 5.09. The molecule has 0 saturated heterocycles. The van der Waals surface area contributed by atoms with Crippen molar-refractivity contribution in [3.8, 4) is 22.4 Å². The number of para-hydroxylation sites is 1. The standard InChI is InChI=1S/C34H34N2O/c1-4-20-35(29-18-12-7-13-19-29)23-30(37)24-36-33-26(3)21-25(2)22-31(33)32(27-14-8-5-9-15-27)34(36)28-16-10-6-11-17-28/h4-19,21-22,30,37H,1,20,23-24H2,2-3H3. The monoisotopic (exact) mass is 486 g/mol. The summed E-state index contributed by atoms with van der Waals surface area (Å²) in [6.45, 7) is 9.94. The lowest BCUT2D eigenvalue weighted by molar-refractivity contribution is 0.162. The lowest BCUT2D eigenvalue weighted by atomic mass is 9.97. The molecule has 0 fully saturated rings. The maximum absolute atomic E-state index is 11.5. The molecule has 0 spiro atoms. The first-order chi connectivity index (χ1) is 18.1. The average molecular weight is 487 g/mol. The summed E-state index contributed by atoms with van der Waals surface area (Å²) in [5.41, 5.74) is 9.40. The van der Waals surface area contributed by atoms with Gasteiger partial charge in [-0.25, -0.2) is 0 Å². The number of aliphatic hydroxyl groups is 1. The Balaban J connectivity index is 1.67. The van der Waals surface area contributed by atoms with Gasteiger partial charge in [0, 0.05) is 29.7 Å². The quantitative estimate of drug-likeness (QED) is 0.217. The van der Waals surface area contributed by atoms with Crippen LogP contribution in [0.5, 0.6) is 0 Å². The smallest absolute Gasteiger partial charge is 0.0893 e. The number of aliphatic hydroxyl groups excluding tert-OH is 1. The van der Waals surface area contributed by atoms with Crippen molar-refractivity contribution in [3.05, 3.63) is 127 Å². The van der Waals surface area contributed by atoms with Gasteiger partial charge in [-0.3, -0.25) is 0 Å². The van der Waals surface area contributed by atoms with Crippen molar-refractivity contribution in [2.45, 2.75) is 26.5 Å². The van der Waals surface area contributed by atoms with E-state index in [1.54, 1.807) is 0 Å². The van der Waals surface area contributed by atoms with Gasteiger partial charge in [0.05, 0.1) is 23.9 Å². The first kappa shape index (κ1) is 24.6. The molecule has 0 radical (unpaired) electrons. The zero-order chi connectivity index (χ0) is 25.8. The molecule has 3 nitrogen and oxygen atoms in total. The zero-order valence-electron chi connectivity index (χ0n) is 21.6. The Bertz CT molecular complexity index is 1490. The molecular weight excluding hydrogens is 452 g/mol. The number of aryl methyl sites for hydroxylation is 2. The van der Waals surface area contributed by atoms with Crippen LogP contribution in [0, 0.1) is 13.8 Å². The van der Waals surface area contributed by atoms with Gasteiger partial charge in [-0.1, -0.05) is 96.6 Å². The van der Waals surface area contributed by atoms with Crippen molar-refractivity contribution in [3.63, 3.8) is 0 Å². The van der Waals surface area contributed by atoms with Crippen LogP contribution in [0.4, 0.5) is 5.69 Å². The van der Waals surface area contributed by atoms with E-state index < -0.39 is 6.10 Å². The van der Waals surface area contributed by atoms with Gasteiger partial charge in [0.2, 0.25) is 0 Å². The number of anilines is 1. The van der Waals surface area contributed by atoms with E-state index in [9.17, 15) is 5.11 Å². The van der Waals surface area contributed by atoms with E-state index in [-0.39, 0.29) is 0 Å². The molecule has 5 aromatic rings. The lowest BCUT2D eigenvalue weighted by Gasteiger charge is -2.27. The first-order valence-electron chi connectivity index (χ1n) is 12.9. The molecular formula is C34H34N2O. The van der Waals surface area contributed by atoms with E-state index in [4.69, 9.17) is 0 Å². The number of hydrogen-bond acceptors (Lipinski definition) is 2. The fourth-order valence-electron chi connectivity index (χ4n) is 5.46. The fraction of sp³-hybridized carbons (Fsp3) is 0.176. The Hall–Kier alpha value is -4.08. The van der Waals surface area contributed by atoms with E-state index in [0.717, 1.165) is 16.9 Å². The van der Waals surface area contributed by atoms with Crippen LogP contribution in [-0.2, 0) is 6.54 Å². The van der Waals surface area contributed by atoms with Crippen LogP contribution in [-0.4, -0.2) is 28.9 Å². The van der Waals surface area contributed by atoms with Crippen LogP contribution in [0.1, 0.15) is 11.1 Å². The van der Waals surface area contributed by atoms with E-state index in [1.807, 2.05) is 24.3 Å². The van der Waals surface area contributed by atoms with Crippen molar-refractivity contribution in [2.75, 3.05) is 18.0 Å². The molecule has 1 atom stereocenters. The number of fused-ring (bicyclic) bond motifs is 1. The van der Waals surface area contributed by atoms with Gasteiger partial charge in [-0.2, -0.15) is 0 Å². The minimum absolute atomic E-state index is 0.484. The number of benzene rings is 4. The fourth-order valence-corrected chi connectivity index (χ4v) is 5.46. The lowest BCUT2D eigenvalue weighted by Crippen LogP contribution is -2.35. The highest BCUT2D eigenvalue weighted by Crippen LogP contribution is 2.42. The molecule has 0 aliphatic rings. The highest BCUT2D eigenvalue weighted by molar-refractivity contribution is 6.06. The predicted molar refractivity (Wildman–Crippen MR) is 157 cm³/mol. The Morgan fingerprint density at radius 3 is 2.05 bits per heavy atom. The van der Waals surface area contributed by atoms with Crippen molar-refractivity contribution in [1.82, 2.24) is 4.57 Å². The second-order valence-corrected chi connectivity index (χ2v) is 9.73. The summed E-state index contributed by atoms with van der Waals surface area (Å²) >= 11 is 0. The van der Waals surface area contributed by atoms with E-state index in [0.29, 0.717) is 19.6 Å². The van der Waals surface area contributed by atoms with Crippen LogP contribution in [0.25, 0.3) is 33.3 Å². The molecule has 37 heavy (non-hydrogen) atoms. The first-order valence-corrected chi connectivity index (χ1v) is 12.9. The van der Waals surface area contributed by atoms with Crippen molar-refractivity contribution < 1.29 is 5.11 Å². The molecule has 0 saturated carbocycles. The summed E-state index contributed by atoms with van der Waals surface area (Å²) in [6.07, 6.45) is 1.31. The molecule has 1 unspecified atom stereocenters. The Morgan fingerprint density at radius 2 is 1.43 bits per heavy atom. The minimum atomic E-state index is -0.581. The summed E-state index contributed by atoms with van der Waals surface area (Å²) in [6, 6.07) is 35.9. The third-order valence-corrected chi connectivity index (χ3v) is 6.90. The molecule has 0 aliphatic carbocycles. The second kappa shape index (κ2) is 10.9. The summed E-state index contributed by atoms with van der Waals surface area (Å²) in [4.78, 5) is 2.18. The third-order valence-electron chi connectivity index (χ3n) is 6.90. The molecule has 0 amide bonds. The van der Waals surface area contributed by atoms with Crippen molar-refractivity contribution in [2.24, 2.45) is 0 Å². The highest BCUT2D eigenvalue weighted by Gasteiger charge is 2.23. The Morgan fingerprint density at radius 1 is 0.838 bits per heavy atom. The molecule has 1 heterocycles. The van der Waals surface area contributed by atoms with E-state index in [2.05, 4.69) is 115 Å². The van der Waals surface area contributed by atoms with Gasteiger partial charge >= 0.3 is 0 Å². The van der Waals surface area contributed by atoms with Gasteiger partial charge in [-0.15, -0.1) is 6.58 Å². The maximum atomic E-state index is 11.5. The second-order valence-electron chi connectivity index (χ2n) is 9.73. The molecule has 1 N–H and O–H groups in total. The zero-order valence-corrected chi connectivity index (χ0v) is 21.6. The molecule has 0 aliphatic heterocycles. The topological polar surface area (TPSA) is 28.4 Å². The van der Waals surface area contributed by atoms with E-state index in [1.165, 1.54) is 33.2 Å². The largest absolute Gasteiger partial charge is 0.389 e. The molecule has 4 aromatic carbocycles. The normalized spacial score (nSPS) is 12.0. The maximum Gasteiger partial charge on any atom is 0.0893 e. The molecule has 1 aromatic heterocycles. The van der Waals surface area contributed by atoms with Gasteiger partial charge in [0.25, 0.3) is 0 Å². The summed E-state index contributed by atoms with van der Waals surface area (Å²) in [7, 11) is 0. The summed E-state index contributed by atoms with van der Waals surface area (Å²) < 4.78 is 2.34. The van der Waals surface area contributed by atoms with Gasteiger partial charge in [-0.05, 0) is 48.7 Å². The Kier molecular flexibility index (Phi) is 7.25. The molecule has 3 heteroatoms. The predicted octanol–water partition coefficient (Wildman–Crippen LogP) is 7.65. The average Bonchev–Trinajstić information content (AvgIpc) is 3.23. The highest BCUT2D eigenvalue weighted by atomic mass is 16.3. The van der Waals surface area contributed by atoms with E-state index >= 15 is 0 Å². The number of nitrogens with zero attached hydrogens (tertiary/aromatic N) is 2. The van der Waals surface area contributed by atoms with Crippen LogP contribution >= 0.6 is 0 Å². The van der Waals surface area contributed by atoms with Crippen LogP contribution in [0.2, 0.25) is 0 Å². The van der Waals surface area contributed by atoms with Gasteiger partial charge in [0.1, 0.15) is 0 Å². The number of aromatic nitrogens is 1.